The van der Waals surface area contributed by atoms with E-state index < -0.39 is 26.5 Å². The van der Waals surface area contributed by atoms with Crippen LogP contribution in [0.4, 0.5) is 15.2 Å². The molecule has 6 rings (SSSR count). The average Bonchev–Trinajstić information content (AvgIpc) is 3.79. The molecule has 1 spiro atoms. The van der Waals surface area contributed by atoms with E-state index in [0.29, 0.717) is 42.5 Å². The van der Waals surface area contributed by atoms with Crippen LogP contribution in [-0.2, 0) is 31.5 Å². The van der Waals surface area contributed by atoms with Crippen LogP contribution in [0.25, 0.3) is 0 Å². The standard InChI is InChI=1S/C34H37ClFN3O6S2/c1-42-26-9-8-24(30(20-26)43-2)23-39(32-38-16-19-46-32)47(40,41)31-21-27(35)29(22-28(31)36)37-15-14-33(25-6-4-3-5-7-25)10-12-34(13-11-33)44-17-18-45-34/h3-9,16,19-22,37H,10-15,17-18,23H2,1-2H3. The maximum Gasteiger partial charge on any atom is 0.269 e. The second-order valence-corrected chi connectivity index (χ2v) is 14.8. The largest absolute Gasteiger partial charge is 0.497 e. The smallest absolute Gasteiger partial charge is 0.269 e. The van der Waals surface area contributed by atoms with Gasteiger partial charge in [-0.2, -0.15) is 0 Å². The summed E-state index contributed by atoms with van der Waals surface area (Å²) in [6.07, 6.45) is 5.59. The zero-order chi connectivity index (χ0) is 33.1. The van der Waals surface area contributed by atoms with Crippen LogP contribution in [0.1, 0.15) is 43.2 Å². The predicted molar refractivity (Wildman–Crippen MR) is 181 cm³/mol. The van der Waals surface area contributed by atoms with Gasteiger partial charge in [-0.25, -0.2) is 22.1 Å². The van der Waals surface area contributed by atoms with E-state index in [-0.39, 0.29) is 22.1 Å². The highest BCUT2D eigenvalue weighted by Gasteiger charge is 2.46. The molecule has 0 bridgehead atoms. The number of halogens is 2. The molecular weight excluding hydrogens is 665 g/mol. The molecule has 1 aliphatic carbocycles. The molecule has 1 aromatic heterocycles. The van der Waals surface area contributed by atoms with Gasteiger partial charge in [0.2, 0.25) is 0 Å². The van der Waals surface area contributed by atoms with E-state index in [1.54, 1.807) is 23.6 Å². The van der Waals surface area contributed by atoms with E-state index >= 15 is 4.39 Å². The summed E-state index contributed by atoms with van der Waals surface area (Å²) < 4.78 is 67.7. The van der Waals surface area contributed by atoms with E-state index in [9.17, 15) is 8.42 Å². The van der Waals surface area contributed by atoms with Gasteiger partial charge >= 0.3 is 0 Å². The molecule has 0 amide bonds. The monoisotopic (exact) mass is 701 g/mol. The lowest BCUT2D eigenvalue weighted by atomic mass is 9.66. The zero-order valence-electron chi connectivity index (χ0n) is 26.2. The second-order valence-electron chi connectivity index (χ2n) is 11.7. The van der Waals surface area contributed by atoms with Crippen molar-refractivity contribution in [2.24, 2.45) is 0 Å². The molecule has 1 N–H and O–H groups in total. The van der Waals surface area contributed by atoms with Crippen LogP contribution in [0.5, 0.6) is 11.5 Å². The Balaban J connectivity index is 1.22. The lowest BCUT2D eigenvalue weighted by Gasteiger charge is -2.44. The van der Waals surface area contributed by atoms with Gasteiger partial charge in [0.05, 0.1) is 44.7 Å². The third-order valence-electron chi connectivity index (χ3n) is 9.12. The first-order chi connectivity index (χ1) is 22.7. The molecule has 4 aromatic rings. The molecule has 0 unspecified atom stereocenters. The molecule has 2 aliphatic rings. The average molecular weight is 702 g/mol. The lowest BCUT2D eigenvalue weighted by molar-refractivity contribution is -0.185. The lowest BCUT2D eigenvalue weighted by Crippen LogP contribution is -2.43. The van der Waals surface area contributed by atoms with E-state index in [1.165, 1.54) is 26.0 Å². The molecule has 9 nitrogen and oxygen atoms in total. The summed E-state index contributed by atoms with van der Waals surface area (Å²) in [4.78, 5) is 3.67. The number of benzene rings is 3. The number of sulfonamides is 1. The predicted octanol–water partition coefficient (Wildman–Crippen LogP) is 7.41. The maximum absolute atomic E-state index is 15.8. The molecule has 2 heterocycles. The van der Waals surface area contributed by atoms with Crippen molar-refractivity contribution in [2.75, 3.05) is 43.6 Å². The van der Waals surface area contributed by atoms with Crippen molar-refractivity contribution in [3.05, 3.63) is 94.2 Å². The Morgan fingerprint density at radius 1 is 1.02 bits per heavy atom. The summed E-state index contributed by atoms with van der Waals surface area (Å²) in [6.45, 7) is 1.58. The first kappa shape index (κ1) is 33.5. The van der Waals surface area contributed by atoms with Gasteiger partial charge < -0.3 is 24.3 Å². The molecule has 0 atom stereocenters. The van der Waals surface area contributed by atoms with Crippen LogP contribution < -0.4 is 19.1 Å². The van der Waals surface area contributed by atoms with Crippen LogP contribution in [0.2, 0.25) is 5.02 Å². The summed E-state index contributed by atoms with van der Waals surface area (Å²) in [7, 11) is -1.43. The highest BCUT2D eigenvalue weighted by Crippen LogP contribution is 2.48. The fraction of sp³-hybridized carbons (Fsp3) is 0.382. The second kappa shape index (κ2) is 14.0. The summed E-state index contributed by atoms with van der Waals surface area (Å²) in [5, 5.41) is 5.20. The molecule has 1 saturated heterocycles. The minimum atomic E-state index is -4.44. The Kier molecular flexibility index (Phi) is 9.95. The fourth-order valence-corrected chi connectivity index (χ4v) is 9.16. The van der Waals surface area contributed by atoms with Gasteiger partial charge in [0.25, 0.3) is 10.0 Å². The first-order valence-corrected chi connectivity index (χ1v) is 18.1. The van der Waals surface area contributed by atoms with Gasteiger partial charge in [-0.05, 0) is 54.5 Å². The van der Waals surface area contributed by atoms with Crippen molar-refractivity contribution in [1.29, 1.82) is 0 Å². The third-order valence-corrected chi connectivity index (χ3v) is 12.1. The number of hydrogen-bond acceptors (Lipinski definition) is 9. The SMILES string of the molecule is COc1ccc(CN(c2nccs2)S(=O)(=O)c2cc(Cl)c(NCCC3(c4ccccc4)CCC4(CC3)OCCO4)cc2F)c(OC)c1. The number of methoxy groups -OCH3 is 2. The Hall–Kier alpha value is -3.42. The normalized spacial score (nSPS) is 17.0. The van der Waals surface area contributed by atoms with Crippen molar-refractivity contribution >= 4 is 43.8 Å². The fourth-order valence-electron chi connectivity index (χ4n) is 6.52. The number of nitrogens with zero attached hydrogens (tertiary/aromatic N) is 2. The quantitative estimate of drug-likeness (QED) is 0.163. The Morgan fingerprint density at radius 2 is 1.77 bits per heavy atom. The summed E-state index contributed by atoms with van der Waals surface area (Å²) in [5.74, 6) is -0.448. The number of nitrogens with one attached hydrogen (secondary N) is 1. The van der Waals surface area contributed by atoms with Gasteiger partial charge in [0.15, 0.2) is 10.9 Å². The van der Waals surface area contributed by atoms with Gasteiger partial charge in [-0.3, -0.25) is 0 Å². The molecule has 47 heavy (non-hydrogen) atoms. The van der Waals surface area contributed by atoms with Gasteiger partial charge in [0, 0.05) is 42.6 Å². The molecule has 2 fully saturated rings. The van der Waals surface area contributed by atoms with Crippen molar-refractivity contribution in [3.63, 3.8) is 0 Å². The van der Waals surface area contributed by atoms with Crippen LogP contribution in [0.3, 0.4) is 0 Å². The zero-order valence-corrected chi connectivity index (χ0v) is 28.6. The van der Waals surface area contributed by atoms with Crippen molar-refractivity contribution in [3.8, 4) is 11.5 Å². The summed E-state index contributed by atoms with van der Waals surface area (Å²) in [6, 6.07) is 17.8. The molecule has 13 heteroatoms. The van der Waals surface area contributed by atoms with Crippen LogP contribution >= 0.6 is 22.9 Å². The van der Waals surface area contributed by atoms with E-state index in [4.69, 9.17) is 30.5 Å². The summed E-state index contributed by atoms with van der Waals surface area (Å²) in [5.41, 5.74) is 1.98. The number of thiazole rings is 1. The van der Waals surface area contributed by atoms with E-state index in [0.717, 1.165) is 59.9 Å². The van der Waals surface area contributed by atoms with Crippen LogP contribution in [0, 0.1) is 5.82 Å². The van der Waals surface area contributed by atoms with Gasteiger partial charge in [-0.15, -0.1) is 11.3 Å². The molecular formula is C34H37ClFN3O6S2. The molecule has 3 aromatic carbocycles. The van der Waals surface area contributed by atoms with Crippen molar-refractivity contribution in [2.45, 2.75) is 54.7 Å². The van der Waals surface area contributed by atoms with Crippen molar-refractivity contribution < 1.29 is 31.8 Å². The molecule has 0 radical (unpaired) electrons. The number of rotatable bonds is 12. The van der Waals surface area contributed by atoms with E-state index in [1.807, 2.05) is 18.2 Å². The van der Waals surface area contributed by atoms with E-state index in [2.05, 4.69) is 22.4 Å². The molecule has 250 valence electrons. The van der Waals surface area contributed by atoms with Gasteiger partial charge in [0.1, 0.15) is 22.2 Å². The summed E-state index contributed by atoms with van der Waals surface area (Å²) >= 11 is 7.76. The first-order valence-electron chi connectivity index (χ1n) is 15.4. The highest BCUT2D eigenvalue weighted by atomic mass is 35.5. The number of anilines is 2. The number of aromatic nitrogens is 1. The molecule has 1 saturated carbocycles. The minimum Gasteiger partial charge on any atom is -0.497 e. The van der Waals surface area contributed by atoms with Crippen LogP contribution in [0.15, 0.2) is 77.1 Å². The minimum absolute atomic E-state index is 0.0928. The Labute approximate surface area is 283 Å². The Morgan fingerprint density at radius 3 is 2.43 bits per heavy atom. The topological polar surface area (TPSA) is 99.2 Å². The Bertz CT molecular complexity index is 1780. The molecule has 1 aliphatic heterocycles. The highest BCUT2D eigenvalue weighted by molar-refractivity contribution is 7.93. The van der Waals surface area contributed by atoms with Crippen molar-refractivity contribution in [1.82, 2.24) is 4.98 Å². The third kappa shape index (κ3) is 6.93. The number of hydrogen-bond donors (Lipinski definition) is 1. The van der Waals surface area contributed by atoms with Crippen LogP contribution in [-0.4, -0.2) is 53.2 Å². The number of ether oxygens (including phenoxy) is 4. The van der Waals surface area contributed by atoms with Gasteiger partial charge in [-0.1, -0.05) is 41.9 Å². The maximum atomic E-state index is 15.8.